The quantitative estimate of drug-likeness (QED) is 0.667. The molecule has 0 aliphatic heterocycles. The summed E-state index contributed by atoms with van der Waals surface area (Å²) in [7, 11) is -5.02. The van der Waals surface area contributed by atoms with Crippen LogP contribution in [0.3, 0.4) is 0 Å². The van der Waals surface area contributed by atoms with E-state index in [-0.39, 0.29) is 10.7 Å². The van der Waals surface area contributed by atoms with Crippen molar-refractivity contribution in [2.45, 2.75) is 18.6 Å². The summed E-state index contributed by atoms with van der Waals surface area (Å²) >= 11 is 0. The lowest BCUT2D eigenvalue weighted by molar-refractivity contribution is 0.196. The lowest BCUT2D eigenvalue weighted by atomic mass is 10.1. The number of benzene rings is 1. The van der Waals surface area contributed by atoms with Crippen molar-refractivity contribution in [2.24, 2.45) is 0 Å². The van der Waals surface area contributed by atoms with E-state index in [9.17, 15) is 17.4 Å². The number of halogens is 1. The van der Waals surface area contributed by atoms with Crippen LogP contribution >= 0.6 is 0 Å². The Kier molecular flexibility index (Phi) is 2.73. The molecule has 0 heterocycles. The van der Waals surface area contributed by atoms with Gasteiger partial charge in [0.1, 0.15) is 6.17 Å². The minimum absolute atomic E-state index is 0.0104. The highest BCUT2D eigenvalue weighted by molar-refractivity contribution is 7.83. The van der Waals surface area contributed by atoms with Crippen molar-refractivity contribution in [1.82, 2.24) is 4.31 Å². The number of nitrogens with zero attached hydrogens (tertiary/aromatic N) is 1. The zero-order valence-corrected chi connectivity index (χ0v) is 10.1. The van der Waals surface area contributed by atoms with Crippen LogP contribution < -0.4 is 0 Å². The summed E-state index contributed by atoms with van der Waals surface area (Å²) in [5.74, 6) is 1.63. The van der Waals surface area contributed by atoms with Gasteiger partial charge in [0, 0.05) is 6.42 Å². The summed E-state index contributed by atoms with van der Waals surface area (Å²) in [4.78, 5) is 0. The first-order valence-electron chi connectivity index (χ1n) is 6.15. The van der Waals surface area contributed by atoms with Gasteiger partial charge in [-0.25, -0.2) is 4.39 Å². The molecule has 0 unspecified atom stereocenters. The van der Waals surface area contributed by atoms with Gasteiger partial charge in [0.2, 0.25) is 0 Å². The zero-order valence-electron chi connectivity index (χ0n) is 11.2. The summed E-state index contributed by atoms with van der Waals surface area (Å²) in [6, 6.07) is 4.88. The molecule has 1 aromatic carbocycles. The van der Waals surface area contributed by atoms with E-state index in [0.717, 1.165) is 0 Å². The number of hydrogen-bond donors (Lipinski definition) is 1. The number of hydrogen-bond acceptors (Lipinski definition) is 2. The average molecular weight is 271 g/mol. The van der Waals surface area contributed by atoms with E-state index in [4.69, 9.17) is 9.16 Å². The Bertz CT molecular complexity index is 672. The summed E-state index contributed by atoms with van der Waals surface area (Å²) in [6.45, 7) is -2.83. The van der Waals surface area contributed by atoms with Gasteiger partial charge in [0.25, 0.3) is 0 Å². The number of fused-ring (bicyclic) bond motifs is 1. The van der Waals surface area contributed by atoms with E-state index < -0.39 is 29.0 Å². The fourth-order valence-electron chi connectivity index (χ4n) is 2.13. The predicted octanol–water partition coefficient (Wildman–Crippen LogP) is 1.36. The smallest absolute Gasteiger partial charge is 0.273 e. The fourth-order valence-corrected chi connectivity index (χ4v) is 2.83. The molecule has 0 saturated heterocycles. The largest absolute Gasteiger partial charge is 0.337 e. The molecule has 18 heavy (non-hydrogen) atoms. The number of rotatable bonds is 3. The van der Waals surface area contributed by atoms with Gasteiger partial charge < -0.3 is 0 Å². The summed E-state index contributed by atoms with van der Waals surface area (Å²) in [5, 5.41) is 0. The van der Waals surface area contributed by atoms with Gasteiger partial charge in [-0.1, -0.05) is 30.2 Å². The van der Waals surface area contributed by atoms with Crippen LogP contribution in [-0.4, -0.2) is 29.9 Å². The normalized spacial score (nSPS) is 25.2. The van der Waals surface area contributed by atoms with Gasteiger partial charge in [-0.05, 0) is 11.1 Å². The van der Waals surface area contributed by atoms with Crippen molar-refractivity contribution < 1.29 is 20.1 Å². The molecular formula is C12H12FNO3S. The lowest BCUT2D eigenvalue weighted by Crippen LogP contribution is -2.37. The molecule has 2 rings (SSSR count). The fraction of sp³-hybridized carbons (Fsp3) is 0.333. The summed E-state index contributed by atoms with van der Waals surface area (Å²) in [5.41, 5.74) is 0.864. The van der Waals surface area contributed by atoms with Crippen LogP contribution in [0, 0.1) is 12.3 Å². The molecule has 0 saturated carbocycles. The molecule has 0 aromatic heterocycles. The van der Waals surface area contributed by atoms with E-state index in [1.165, 1.54) is 6.07 Å². The van der Waals surface area contributed by atoms with Crippen molar-refractivity contribution in [2.75, 3.05) is 6.50 Å². The second kappa shape index (κ2) is 4.69. The minimum Gasteiger partial charge on any atom is -0.273 e. The van der Waals surface area contributed by atoms with Gasteiger partial charge in [-0.15, -0.1) is 6.42 Å². The van der Waals surface area contributed by atoms with Gasteiger partial charge in [-0.3, -0.25) is 4.55 Å². The van der Waals surface area contributed by atoms with E-state index in [0.29, 0.717) is 11.1 Å². The van der Waals surface area contributed by atoms with Crippen molar-refractivity contribution in [3.05, 3.63) is 35.4 Å². The molecule has 2 atom stereocenters. The molecule has 0 bridgehead atoms. The Labute approximate surface area is 108 Å². The number of alkyl halides is 1. The molecule has 0 fully saturated rings. The second-order valence-electron chi connectivity index (χ2n) is 3.89. The van der Waals surface area contributed by atoms with E-state index >= 15 is 0 Å². The standard InChI is InChI=1S/C12H12FNO3S/c1-2-7-14(18(15,16)17)12-10-6-4-3-5-9(10)8-11(12)13/h1,3-6,11-12H,7-8H2,(H,15,16,17)/t11-,12-/m0/s1/i7D2. The zero-order chi connectivity index (χ0) is 15.1. The number of terminal acetylenes is 1. The van der Waals surface area contributed by atoms with Crippen LogP contribution in [0.15, 0.2) is 24.3 Å². The molecule has 0 radical (unpaired) electrons. The van der Waals surface area contributed by atoms with Gasteiger partial charge >= 0.3 is 10.3 Å². The molecule has 96 valence electrons. The van der Waals surface area contributed by atoms with E-state index in [1.807, 2.05) is 0 Å². The first kappa shape index (κ1) is 10.5. The molecule has 0 amide bonds. The predicted molar refractivity (Wildman–Crippen MR) is 64.9 cm³/mol. The van der Waals surface area contributed by atoms with Crippen molar-refractivity contribution >= 4 is 10.3 Å². The highest BCUT2D eigenvalue weighted by Gasteiger charge is 2.41. The maximum Gasteiger partial charge on any atom is 0.337 e. The molecule has 1 aliphatic rings. The molecule has 1 aliphatic carbocycles. The molecule has 6 heteroatoms. The van der Waals surface area contributed by atoms with Crippen molar-refractivity contribution in [3.63, 3.8) is 0 Å². The second-order valence-corrected chi connectivity index (χ2v) is 5.18. The Morgan fingerprint density at radius 2 is 2.28 bits per heavy atom. The summed E-state index contributed by atoms with van der Waals surface area (Å²) in [6.07, 6.45) is 3.23. The van der Waals surface area contributed by atoms with Gasteiger partial charge in [-0.2, -0.15) is 12.7 Å². The van der Waals surface area contributed by atoms with Crippen molar-refractivity contribution in [3.8, 4) is 12.3 Å². The van der Waals surface area contributed by atoms with Crippen LogP contribution in [0.5, 0.6) is 0 Å². The van der Waals surface area contributed by atoms with Gasteiger partial charge in [0.05, 0.1) is 15.3 Å². The Morgan fingerprint density at radius 1 is 1.61 bits per heavy atom. The highest BCUT2D eigenvalue weighted by Crippen LogP contribution is 2.38. The topological polar surface area (TPSA) is 57.6 Å². The van der Waals surface area contributed by atoms with Crippen LogP contribution in [0.1, 0.15) is 19.9 Å². The maximum absolute atomic E-state index is 14.2. The Balaban J connectivity index is 2.60. The average Bonchev–Trinajstić information content (AvgIpc) is 2.65. The molecule has 1 aromatic rings. The first-order valence-corrected chi connectivity index (χ1v) is 6.55. The molecule has 1 N–H and O–H groups in total. The molecule has 0 spiro atoms. The minimum atomic E-state index is -5.02. The highest BCUT2D eigenvalue weighted by atomic mass is 32.2. The first-order chi connectivity index (χ1) is 9.18. The Hall–Kier alpha value is -1.42. The van der Waals surface area contributed by atoms with E-state index in [2.05, 4.69) is 0 Å². The third-order valence-electron chi connectivity index (χ3n) is 2.81. The third-order valence-corrected chi connectivity index (χ3v) is 3.62. The van der Waals surface area contributed by atoms with Crippen LogP contribution in [0.4, 0.5) is 4.39 Å². The third kappa shape index (κ3) is 2.25. The van der Waals surface area contributed by atoms with Crippen LogP contribution in [0.2, 0.25) is 0 Å². The van der Waals surface area contributed by atoms with Gasteiger partial charge in [0.15, 0.2) is 0 Å². The molecule has 4 nitrogen and oxygen atoms in total. The maximum atomic E-state index is 14.2. The SMILES string of the molecule is [2H]C([2H])(C#C)N([C@H]1c2ccccc2C[C@@H]1F)S(=O)(=O)O. The molecular weight excluding hydrogens is 257 g/mol. The van der Waals surface area contributed by atoms with E-state index in [1.54, 1.807) is 24.1 Å². The lowest BCUT2D eigenvalue weighted by Gasteiger charge is -2.25. The van der Waals surface area contributed by atoms with Crippen LogP contribution in [-0.2, 0) is 16.7 Å². The van der Waals surface area contributed by atoms with Crippen molar-refractivity contribution in [1.29, 1.82) is 0 Å². The Morgan fingerprint density at radius 3 is 2.89 bits per heavy atom. The monoisotopic (exact) mass is 271 g/mol. The summed E-state index contributed by atoms with van der Waals surface area (Å²) < 4.78 is 61.4. The van der Waals surface area contributed by atoms with Crippen LogP contribution in [0.25, 0.3) is 0 Å².